The molecule has 1 atom stereocenters. The summed E-state index contributed by atoms with van der Waals surface area (Å²) in [7, 11) is 0. The van der Waals surface area contributed by atoms with Crippen LogP contribution in [0.15, 0.2) is 4.42 Å². The van der Waals surface area contributed by atoms with Crippen molar-refractivity contribution in [2.45, 2.75) is 40.0 Å². The molecule has 0 aliphatic heterocycles. The maximum Gasteiger partial charge on any atom is 0.166 e. The number of fused-ring (bicyclic) bond motifs is 1. The minimum atomic E-state index is 0.0645. The highest BCUT2D eigenvalue weighted by Gasteiger charge is 2.29. The summed E-state index contributed by atoms with van der Waals surface area (Å²) in [6.07, 6.45) is 1.69. The number of hydrogen-bond acceptors (Lipinski definition) is 3. The van der Waals surface area contributed by atoms with Gasteiger partial charge in [-0.2, -0.15) is 0 Å². The van der Waals surface area contributed by atoms with E-state index in [0.717, 1.165) is 23.3 Å². The van der Waals surface area contributed by atoms with E-state index >= 15 is 0 Å². The van der Waals surface area contributed by atoms with E-state index in [1.807, 2.05) is 13.8 Å². The fourth-order valence-corrected chi connectivity index (χ4v) is 2.34. The number of furan rings is 1. The predicted molar refractivity (Wildman–Crippen MR) is 59.6 cm³/mol. The van der Waals surface area contributed by atoms with E-state index in [4.69, 9.17) is 4.42 Å². The van der Waals surface area contributed by atoms with Gasteiger partial charge in [0.2, 0.25) is 0 Å². The highest BCUT2D eigenvalue weighted by molar-refractivity contribution is 6.00. The first kappa shape index (κ1) is 11.1. The number of Topliss-reactive ketones (excluding diaryl/α,β-unsaturated/α-hetero) is 2. The summed E-state index contributed by atoms with van der Waals surface area (Å²) < 4.78 is 5.65. The molecule has 0 aromatic carbocycles. The fraction of sp³-hybridized carbons (Fsp3) is 0.538. The number of carbonyl (C=O) groups is 2. The van der Waals surface area contributed by atoms with Gasteiger partial charge in [0.05, 0.1) is 12.0 Å². The van der Waals surface area contributed by atoms with Crippen LogP contribution in [0.1, 0.15) is 47.7 Å². The van der Waals surface area contributed by atoms with Crippen LogP contribution in [0.3, 0.4) is 0 Å². The molecule has 0 N–H and O–H groups in total. The van der Waals surface area contributed by atoms with Crippen molar-refractivity contribution in [2.24, 2.45) is 5.92 Å². The molecule has 2 rings (SSSR count). The SMILES string of the molecule is CC(=O)Cc1oc2c(c1C)C(=O)C[C@@H](C)C2. The Morgan fingerprint density at radius 1 is 1.44 bits per heavy atom. The molecule has 3 nitrogen and oxygen atoms in total. The Hall–Kier alpha value is -1.38. The van der Waals surface area contributed by atoms with Gasteiger partial charge in [0, 0.05) is 18.4 Å². The first-order valence-corrected chi connectivity index (χ1v) is 5.62. The van der Waals surface area contributed by atoms with Crippen molar-refractivity contribution in [3.63, 3.8) is 0 Å². The average molecular weight is 220 g/mol. The molecule has 0 saturated carbocycles. The van der Waals surface area contributed by atoms with Crippen LogP contribution >= 0.6 is 0 Å². The Morgan fingerprint density at radius 3 is 2.75 bits per heavy atom. The first-order chi connectivity index (χ1) is 7.49. The van der Waals surface area contributed by atoms with Crippen molar-refractivity contribution in [2.75, 3.05) is 0 Å². The standard InChI is InChI=1S/C13H16O3/c1-7-4-10(15)13-9(3)11(6-8(2)14)16-12(13)5-7/h7H,4-6H2,1-3H3/t7-/m1/s1. The first-order valence-electron chi connectivity index (χ1n) is 5.62. The molecule has 3 heteroatoms. The van der Waals surface area contributed by atoms with E-state index in [-0.39, 0.29) is 11.6 Å². The third kappa shape index (κ3) is 1.82. The second-order valence-electron chi connectivity index (χ2n) is 4.76. The summed E-state index contributed by atoms with van der Waals surface area (Å²) in [5, 5.41) is 0. The van der Waals surface area contributed by atoms with Crippen LogP contribution in [0.5, 0.6) is 0 Å². The normalized spacial score (nSPS) is 19.7. The zero-order chi connectivity index (χ0) is 11.9. The Labute approximate surface area is 94.8 Å². The van der Waals surface area contributed by atoms with Gasteiger partial charge in [0.1, 0.15) is 17.3 Å². The molecule has 1 aromatic rings. The van der Waals surface area contributed by atoms with Crippen LogP contribution < -0.4 is 0 Å². The molecule has 1 aromatic heterocycles. The van der Waals surface area contributed by atoms with E-state index in [9.17, 15) is 9.59 Å². The molecular formula is C13H16O3. The van der Waals surface area contributed by atoms with Gasteiger partial charge in [-0.15, -0.1) is 0 Å². The zero-order valence-corrected chi connectivity index (χ0v) is 9.92. The number of ketones is 2. The minimum absolute atomic E-state index is 0.0645. The minimum Gasteiger partial charge on any atom is -0.465 e. The van der Waals surface area contributed by atoms with Crippen LogP contribution in [0, 0.1) is 12.8 Å². The van der Waals surface area contributed by atoms with Gasteiger partial charge >= 0.3 is 0 Å². The number of rotatable bonds is 2. The van der Waals surface area contributed by atoms with Crippen molar-refractivity contribution >= 4 is 11.6 Å². The molecule has 1 aliphatic rings. The van der Waals surface area contributed by atoms with Gasteiger partial charge in [-0.1, -0.05) is 6.92 Å². The van der Waals surface area contributed by atoms with Crippen LogP contribution in [-0.4, -0.2) is 11.6 Å². The maximum absolute atomic E-state index is 11.9. The molecule has 0 bridgehead atoms. The lowest BCUT2D eigenvalue weighted by Gasteiger charge is -2.15. The van der Waals surface area contributed by atoms with Crippen LogP contribution in [0.2, 0.25) is 0 Å². The summed E-state index contributed by atoms with van der Waals surface area (Å²) >= 11 is 0. The van der Waals surface area contributed by atoms with E-state index in [1.165, 1.54) is 6.92 Å². The Morgan fingerprint density at radius 2 is 2.12 bits per heavy atom. The predicted octanol–water partition coefficient (Wildman–Crippen LogP) is 2.48. The molecular weight excluding hydrogens is 204 g/mol. The Kier molecular flexibility index (Phi) is 2.70. The van der Waals surface area contributed by atoms with Gasteiger partial charge in [-0.25, -0.2) is 0 Å². The molecule has 1 heterocycles. The van der Waals surface area contributed by atoms with Gasteiger partial charge in [0.25, 0.3) is 0 Å². The van der Waals surface area contributed by atoms with Gasteiger partial charge in [0.15, 0.2) is 5.78 Å². The van der Waals surface area contributed by atoms with Crippen molar-refractivity contribution in [3.05, 3.63) is 22.6 Å². The third-order valence-electron chi connectivity index (χ3n) is 3.07. The van der Waals surface area contributed by atoms with Crippen LogP contribution in [0.4, 0.5) is 0 Å². The van der Waals surface area contributed by atoms with E-state index in [0.29, 0.717) is 24.5 Å². The van der Waals surface area contributed by atoms with Crippen LogP contribution in [-0.2, 0) is 17.6 Å². The lowest BCUT2D eigenvalue weighted by molar-refractivity contribution is -0.116. The average Bonchev–Trinajstić information content (AvgIpc) is 2.41. The lowest BCUT2D eigenvalue weighted by Crippen LogP contribution is -2.16. The topological polar surface area (TPSA) is 47.3 Å². The Balaban J connectivity index is 2.43. The molecule has 1 aliphatic carbocycles. The molecule has 0 amide bonds. The lowest BCUT2D eigenvalue weighted by atomic mass is 9.87. The Bertz CT molecular complexity index is 454. The molecule has 0 spiro atoms. The molecule has 0 saturated heterocycles. The second-order valence-corrected chi connectivity index (χ2v) is 4.76. The molecule has 86 valence electrons. The van der Waals surface area contributed by atoms with Gasteiger partial charge in [-0.3, -0.25) is 9.59 Å². The van der Waals surface area contributed by atoms with Crippen molar-refractivity contribution in [1.82, 2.24) is 0 Å². The number of hydrogen-bond donors (Lipinski definition) is 0. The highest BCUT2D eigenvalue weighted by Crippen LogP contribution is 2.31. The van der Waals surface area contributed by atoms with E-state index in [1.54, 1.807) is 0 Å². The maximum atomic E-state index is 11.9. The summed E-state index contributed by atoms with van der Waals surface area (Å²) in [5.74, 6) is 2.01. The zero-order valence-electron chi connectivity index (χ0n) is 9.92. The van der Waals surface area contributed by atoms with E-state index < -0.39 is 0 Å². The molecule has 0 fully saturated rings. The smallest absolute Gasteiger partial charge is 0.166 e. The van der Waals surface area contributed by atoms with Gasteiger partial charge in [-0.05, 0) is 19.8 Å². The van der Waals surface area contributed by atoms with Gasteiger partial charge < -0.3 is 4.42 Å². The molecule has 0 unspecified atom stereocenters. The molecule has 16 heavy (non-hydrogen) atoms. The number of carbonyl (C=O) groups excluding carboxylic acids is 2. The van der Waals surface area contributed by atoms with E-state index in [2.05, 4.69) is 0 Å². The second kappa shape index (κ2) is 3.89. The summed E-state index contributed by atoms with van der Waals surface area (Å²) in [6, 6.07) is 0. The fourth-order valence-electron chi connectivity index (χ4n) is 2.34. The quantitative estimate of drug-likeness (QED) is 0.769. The van der Waals surface area contributed by atoms with Crippen molar-refractivity contribution in [3.8, 4) is 0 Å². The monoisotopic (exact) mass is 220 g/mol. The largest absolute Gasteiger partial charge is 0.465 e. The van der Waals surface area contributed by atoms with Crippen LogP contribution in [0.25, 0.3) is 0 Å². The van der Waals surface area contributed by atoms with Crippen molar-refractivity contribution in [1.29, 1.82) is 0 Å². The molecule has 0 radical (unpaired) electrons. The summed E-state index contributed by atoms with van der Waals surface area (Å²) in [5.41, 5.74) is 1.59. The van der Waals surface area contributed by atoms with Crippen molar-refractivity contribution < 1.29 is 14.0 Å². The third-order valence-corrected chi connectivity index (χ3v) is 3.07. The summed E-state index contributed by atoms with van der Waals surface area (Å²) in [6.45, 7) is 5.45. The summed E-state index contributed by atoms with van der Waals surface area (Å²) in [4.78, 5) is 23.0. The highest BCUT2D eigenvalue weighted by atomic mass is 16.3.